The number of rotatable bonds is 5. The van der Waals surface area contributed by atoms with Crippen molar-refractivity contribution in [3.05, 3.63) is 76.4 Å². The number of allylic oxidation sites excluding steroid dienone is 1. The number of hydrazone groups is 1. The third-order valence-electron chi connectivity index (χ3n) is 6.23. The molecular weight excluding hydrogens is 428 g/mol. The summed E-state index contributed by atoms with van der Waals surface area (Å²) in [5.41, 5.74) is 0.237. The van der Waals surface area contributed by atoms with Gasteiger partial charge < -0.3 is 4.74 Å². The van der Waals surface area contributed by atoms with E-state index in [9.17, 15) is 24.5 Å². The molecule has 2 aromatic rings. The first-order valence-corrected chi connectivity index (χ1v) is 10.2. The number of amides is 2. The van der Waals surface area contributed by atoms with E-state index in [1.54, 1.807) is 36.4 Å². The lowest BCUT2D eigenvalue weighted by Gasteiger charge is -2.30. The van der Waals surface area contributed by atoms with E-state index >= 15 is 0 Å². The van der Waals surface area contributed by atoms with Gasteiger partial charge in [0.15, 0.2) is 5.78 Å². The lowest BCUT2D eigenvalue weighted by Crippen LogP contribution is -2.46. The van der Waals surface area contributed by atoms with Crippen LogP contribution in [-0.4, -0.2) is 52.9 Å². The number of nitrogens with zero attached hydrogens (tertiary/aromatic N) is 4. The van der Waals surface area contributed by atoms with Crippen LogP contribution in [0.3, 0.4) is 0 Å². The fourth-order valence-electron chi connectivity index (χ4n) is 4.77. The molecule has 10 nitrogen and oxygen atoms in total. The molecule has 2 amide bonds. The Kier molecular flexibility index (Phi) is 4.77. The van der Waals surface area contributed by atoms with E-state index < -0.39 is 46.4 Å². The molecule has 0 aromatic heterocycles. The third kappa shape index (κ3) is 3.10. The molecule has 4 atom stereocenters. The minimum absolute atomic E-state index is 0.0847. The first-order valence-electron chi connectivity index (χ1n) is 10.2. The molecule has 10 heteroatoms. The molecule has 2 aromatic carbocycles. The van der Waals surface area contributed by atoms with Gasteiger partial charge in [-0.1, -0.05) is 18.2 Å². The van der Waals surface area contributed by atoms with Gasteiger partial charge in [-0.05, 0) is 30.3 Å². The quantitative estimate of drug-likeness (QED) is 0.299. The maximum Gasteiger partial charge on any atom is 0.270 e. The fraction of sp³-hybridized carbons (Fsp3) is 0.217. The predicted octanol–water partition coefficient (Wildman–Crippen LogP) is 2.20. The zero-order chi connectivity index (χ0) is 23.3. The topological polar surface area (TPSA) is 122 Å². The standard InChI is InChI=1S/C23H18N4O6/c1-33-16-9-7-14(8-10-16)25-22(29)18-17-6-3-11-24-26(17)20(19(18)23(25)30)21(28)13-4-2-5-15(12-13)27(31)32/h2-12,17-20H,1H3/t17-,18+,19+,20-/m0/s1. The van der Waals surface area contributed by atoms with Crippen LogP contribution in [0.2, 0.25) is 0 Å². The number of methoxy groups -OCH3 is 1. The maximum atomic E-state index is 13.5. The van der Waals surface area contributed by atoms with Gasteiger partial charge in [0.25, 0.3) is 5.69 Å². The summed E-state index contributed by atoms with van der Waals surface area (Å²) in [6.07, 6.45) is 4.90. The molecular formula is C23H18N4O6. The normalized spacial score (nSPS) is 25.2. The Morgan fingerprint density at radius 2 is 1.82 bits per heavy atom. The molecule has 2 saturated heterocycles. The Hall–Kier alpha value is -4.34. The Balaban J connectivity index is 1.55. The summed E-state index contributed by atoms with van der Waals surface area (Å²) >= 11 is 0. The minimum Gasteiger partial charge on any atom is -0.497 e. The van der Waals surface area contributed by atoms with Gasteiger partial charge in [0.1, 0.15) is 11.8 Å². The van der Waals surface area contributed by atoms with Gasteiger partial charge in [-0.3, -0.25) is 29.5 Å². The number of benzene rings is 2. The molecule has 3 aliphatic heterocycles. The summed E-state index contributed by atoms with van der Waals surface area (Å²) in [4.78, 5) is 52.2. The van der Waals surface area contributed by atoms with Gasteiger partial charge in [-0.25, -0.2) is 4.90 Å². The van der Waals surface area contributed by atoms with Crippen LogP contribution in [0.5, 0.6) is 5.75 Å². The van der Waals surface area contributed by atoms with E-state index in [4.69, 9.17) is 4.74 Å². The molecule has 0 aliphatic carbocycles. The molecule has 0 bridgehead atoms. The molecule has 5 rings (SSSR count). The van der Waals surface area contributed by atoms with E-state index in [0.717, 1.165) is 4.90 Å². The molecule has 166 valence electrons. The Bertz CT molecular complexity index is 1240. The summed E-state index contributed by atoms with van der Waals surface area (Å²) in [6.45, 7) is 0. The number of non-ortho nitro benzene ring substituents is 1. The summed E-state index contributed by atoms with van der Waals surface area (Å²) in [5.74, 6) is -2.62. The van der Waals surface area contributed by atoms with Crippen molar-refractivity contribution < 1.29 is 24.0 Å². The van der Waals surface area contributed by atoms with Gasteiger partial charge in [0.05, 0.1) is 35.6 Å². The Morgan fingerprint density at radius 3 is 2.52 bits per heavy atom. The zero-order valence-corrected chi connectivity index (χ0v) is 17.4. The number of hydrogen-bond donors (Lipinski definition) is 0. The van der Waals surface area contributed by atoms with E-state index in [1.807, 2.05) is 0 Å². The van der Waals surface area contributed by atoms with Crippen molar-refractivity contribution >= 4 is 35.2 Å². The summed E-state index contributed by atoms with van der Waals surface area (Å²) in [5, 5.41) is 16.9. The Morgan fingerprint density at radius 1 is 1.09 bits per heavy atom. The van der Waals surface area contributed by atoms with Crippen LogP contribution in [0, 0.1) is 22.0 Å². The molecule has 0 N–H and O–H groups in total. The SMILES string of the molecule is COc1ccc(N2C(=O)[C@@H]3[C@H](C2=O)[C@@H]2C=CC=NN2[C@@H]3C(=O)c2cccc([N+](=O)[O-])c2)cc1. The average Bonchev–Trinajstić information content (AvgIpc) is 3.31. The van der Waals surface area contributed by atoms with Crippen LogP contribution in [-0.2, 0) is 9.59 Å². The van der Waals surface area contributed by atoms with E-state index in [0.29, 0.717) is 11.4 Å². The van der Waals surface area contributed by atoms with E-state index in [1.165, 1.54) is 42.6 Å². The average molecular weight is 446 g/mol. The molecule has 0 saturated carbocycles. The minimum atomic E-state index is -1.07. The monoisotopic (exact) mass is 446 g/mol. The van der Waals surface area contributed by atoms with E-state index in [2.05, 4.69) is 5.10 Å². The van der Waals surface area contributed by atoms with E-state index in [-0.39, 0.29) is 11.3 Å². The first-order chi connectivity index (χ1) is 15.9. The number of imide groups is 1. The number of ketones is 1. The number of fused-ring (bicyclic) bond motifs is 3. The highest BCUT2D eigenvalue weighted by atomic mass is 16.6. The summed E-state index contributed by atoms with van der Waals surface area (Å²) in [7, 11) is 1.51. The number of Topliss-reactive ketones (excluding diaryl/α,β-unsaturated/α-hetero) is 1. The van der Waals surface area contributed by atoms with Crippen LogP contribution in [0.1, 0.15) is 10.4 Å². The molecule has 2 fully saturated rings. The second kappa shape index (κ2) is 7.66. The number of nitro benzene ring substituents is 1. The van der Waals surface area contributed by atoms with Crippen molar-refractivity contribution in [3.63, 3.8) is 0 Å². The molecule has 3 heterocycles. The second-order valence-electron chi connectivity index (χ2n) is 7.90. The fourth-order valence-corrected chi connectivity index (χ4v) is 4.77. The number of carbonyl (C=O) groups is 3. The lowest BCUT2D eigenvalue weighted by atomic mass is 9.86. The number of nitro groups is 1. The highest BCUT2D eigenvalue weighted by Gasteiger charge is 2.64. The van der Waals surface area contributed by atoms with Crippen LogP contribution in [0.15, 0.2) is 65.8 Å². The molecule has 0 unspecified atom stereocenters. The number of hydrogen-bond acceptors (Lipinski definition) is 8. The van der Waals surface area contributed by atoms with Crippen molar-refractivity contribution in [1.82, 2.24) is 5.01 Å². The van der Waals surface area contributed by atoms with Gasteiger partial charge in [-0.2, -0.15) is 5.10 Å². The number of ether oxygens (including phenoxy) is 1. The second-order valence-corrected chi connectivity index (χ2v) is 7.90. The molecule has 0 spiro atoms. The Labute approximate surface area is 187 Å². The first kappa shape index (κ1) is 20.6. The van der Waals surface area contributed by atoms with Crippen LogP contribution in [0.4, 0.5) is 11.4 Å². The van der Waals surface area contributed by atoms with Gasteiger partial charge in [0.2, 0.25) is 11.8 Å². The van der Waals surface area contributed by atoms with Crippen molar-refractivity contribution in [2.75, 3.05) is 12.0 Å². The van der Waals surface area contributed by atoms with Gasteiger partial charge in [-0.15, -0.1) is 0 Å². The van der Waals surface area contributed by atoms with Gasteiger partial charge in [0, 0.05) is 23.9 Å². The summed E-state index contributed by atoms with van der Waals surface area (Å²) < 4.78 is 5.14. The number of anilines is 1. The zero-order valence-electron chi connectivity index (χ0n) is 17.4. The predicted molar refractivity (Wildman–Crippen MR) is 117 cm³/mol. The van der Waals surface area contributed by atoms with Crippen LogP contribution >= 0.6 is 0 Å². The van der Waals surface area contributed by atoms with Crippen LogP contribution < -0.4 is 9.64 Å². The third-order valence-corrected chi connectivity index (χ3v) is 6.23. The summed E-state index contributed by atoms with van der Waals surface area (Å²) in [6, 6.07) is 10.2. The smallest absolute Gasteiger partial charge is 0.270 e. The molecule has 0 radical (unpaired) electrons. The van der Waals surface area contributed by atoms with Crippen LogP contribution in [0.25, 0.3) is 0 Å². The van der Waals surface area contributed by atoms with Crippen molar-refractivity contribution in [3.8, 4) is 5.75 Å². The highest BCUT2D eigenvalue weighted by Crippen LogP contribution is 2.46. The lowest BCUT2D eigenvalue weighted by molar-refractivity contribution is -0.384. The van der Waals surface area contributed by atoms with Crippen molar-refractivity contribution in [2.24, 2.45) is 16.9 Å². The number of carbonyl (C=O) groups excluding carboxylic acids is 3. The van der Waals surface area contributed by atoms with Crippen molar-refractivity contribution in [1.29, 1.82) is 0 Å². The molecule has 33 heavy (non-hydrogen) atoms. The largest absolute Gasteiger partial charge is 0.497 e. The highest BCUT2D eigenvalue weighted by molar-refractivity contribution is 6.24. The molecule has 3 aliphatic rings. The maximum absolute atomic E-state index is 13.5. The van der Waals surface area contributed by atoms with Crippen molar-refractivity contribution in [2.45, 2.75) is 12.1 Å². The van der Waals surface area contributed by atoms with Gasteiger partial charge >= 0.3 is 0 Å².